The Morgan fingerprint density at radius 3 is 2.43 bits per heavy atom. The molecule has 0 aliphatic rings. The smallest absolute Gasteiger partial charge is 0.288 e. The third-order valence-corrected chi connectivity index (χ3v) is 3.77. The van der Waals surface area contributed by atoms with Gasteiger partial charge in [-0.15, -0.1) is 6.42 Å². The topological polar surface area (TPSA) is 42.2 Å². The SMILES string of the molecule is C#CC(CC)(CC)NC(=O)c1ccc(C#Cc2ccccc2)o1. The Balaban J connectivity index is 2.12. The van der Waals surface area contributed by atoms with E-state index in [0.29, 0.717) is 18.6 Å². The van der Waals surface area contributed by atoms with Crippen LogP contribution in [0.25, 0.3) is 0 Å². The second-order valence-electron chi connectivity index (χ2n) is 5.17. The Hall–Kier alpha value is -2.91. The van der Waals surface area contributed by atoms with E-state index in [1.165, 1.54) is 0 Å². The van der Waals surface area contributed by atoms with Crippen LogP contribution in [0.4, 0.5) is 0 Å². The van der Waals surface area contributed by atoms with E-state index in [2.05, 4.69) is 23.1 Å². The number of furan rings is 1. The fourth-order valence-corrected chi connectivity index (χ4v) is 2.13. The average molecular weight is 305 g/mol. The van der Waals surface area contributed by atoms with E-state index in [0.717, 1.165) is 5.56 Å². The molecule has 0 saturated carbocycles. The molecule has 0 saturated heterocycles. The second-order valence-corrected chi connectivity index (χ2v) is 5.17. The Bertz CT molecular complexity index is 765. The minimum atomic E-state index is -0.639. The number of nitrogens with one attached hydrogen (secondary N) is 1. The first-order chi connectivity index (χ1) is 11.1. The summed E-state index contributed by atoms with van der Waals surface area (Å²) in [4.78, 5) is 12.3. The monoisotopic (exact) mass is 305 g/mol. The van der Waals surface area contributed by atoms with Crippen LogP contribution in [0, 0.1) is 24.2 Å². The van der Waals surface area contributed by atoms with Crippen LogP contribution in [-0.2, 0) is 0 Å². The summed E-state index contributed by atoms with van der Waals surface area (Å²) < 4.78 is 5.49. The van der Waals surface area contributed by atoms with Gasteiger partial charge >= 0.3 is 0 Å². The molecule has 1 N–H and O–H groups in total. The van der Waals surface area contributed by atoms with Crippen LogP contribution in [-0.4, -0.2) is 11.4 Å². The normalized spacial score (nSPS) is 10.3. The summed E-state index contributed by atoms with van der Waals surface area (Å²) in [5, 5.41) is 2.87. The highest BCUT2D eigenvalue weighted by Crippen LogP contribution is 2.16. The zero-order valence-corrected chi connectivity index (χ0v) is 13.3. The first kappa shape index (κ1) is 16.5. The highest BCUT2D eigenvalue weighted by atomic mass is 16.3. The molecule has 0 unspecified atom stereocenters. The van der Waals surface area contributed by atoms with Crippen molar-refractivity contribution in [3.05, 3.63) is 59.5 Å². The van der Waals surface area contributed by atoms with E-state index in [-0.39, 0.29) is 11.7 Å². The van der Waals surface area contributed by atoms with Crippen LogP contribution in [0.1, 0.15) is 48.6 Å². The first-order valence-corrected chi connectivity index (χ1v) is 7.59. The highest BCUT2D eigenvalue weighted by molar-refractivity contribution is 5.92. The van der Waals surface area contributed by atoms with Crippen molar-refractivity contribution in [1.29, 1.82) is 0 Å². The van der Waals surface area contributed by atoms with Gasteiger partial charge in [-0.05, 0) is 43.0 Å². The molecule has 116 valence electrons. The summed E-state index contributed by atoms with van der Waals surface area (Å²) in [5.74, 6) is 8.89. The third kappa shape index (κ3) is 4.05. The van der Waals surface area contributed by atoms with E-state index in [1.807, 2.05) is 44.2 Å². The average Bonchev–Trinajstić information content (AvgIpc) is 3.08. The van der Waals surface area contributed by atoms with Crippen molar-refractivity contribution in [1.82, 2.24) is 5.32 Å². The standard InChI is InChI=1S/C20H19NO2/c1-4-20(5-2,6-3)21-19(22)18-15-14-17(23-18)13-12-16-10-8-7-9-11-16/h1,7-11,14-15H,5-6H2,2-3H3,(H,21,22). The molecule has 1 amide bonds. The highest BCUT2D eigenvalue weighted by Gasteiger charge is 2.27. The lowest BCUT2D eigenvalue weighted by Gasteiger charge is -2.26. The molecule has 0 radical (unpaired) electrons. The molecule has 3 heteroatoms. The molecule has 1 heterocycles. The third-order valence-electron chi connectivity index (χ3n) is 3.77. The Morgan fingerprint density at radius 2 is 1.83 bits per heavy atom. The summed E-state index contributed by atoms with van der Waals surface area (Å²) in [6.07, 6.45) is 6.87. The van der Waals surface area contributed by atoms with E-state index in [4.69, 9.17) is 10.8 Å². The van der Waals surface area contributed by atoms with Gasteiger partial charge in [0.1, 0.15) is 5.54 Å². The lowest BCUT2D eigenvalue weighted by molar-refractivity contribution is 0.0887. The van der Waals surface area contributed by atoms with Crippen molar-refractivity contribution in [3.8, 4) is 24.2 Å². The van der Waals surface area contributed by atoms with Crippen LogP contribution < -0.4 is 5.32 Å². The predicted molar refractivity (Wildman–Crippen MR) is 90.7 cm³/mol. The molecule has 0 aliphatic heterocycles. The van der Waals surface area contributed by atoms with Crippen molar-refractivity contribution >= 4 is 5.91 Å². The van der Waals surface area contributed by atoms with Gasteiger partial charge in [-0.2, -0.15) is 0 Å². The minimum Gasteiger partial charge on any atom is -0.443 e. The molecule has 0 spiro atoms. The second kappa shape index (κ2) is 7.38. The van der Waals surface area contributed by atoms with Crippen molar-refractivity contribution in [2.45, 2.75) is 32.2 Å². The number of rotatable bonds is 4. The largest absolute Gasteiger partial charge is 0.443 e. The number of amides is 1. The molecular weight excluding hydrogens is 286 g/mol. The van der Waals surface area contributed by atoms with E-state index < -0.39 is 5.54 Å². The summed E-state index contributed by atoms with van der Waals surface area (Å²) in [6, 6.07) is 12.9. The number of terminal acetylenes is 1. The van der Waals surface area contributed by atoms with Crippen LogP contribution in [0.3, 0.4) is 0 Å². The van der Waals surface area contributed by atoms with Crippen LogP contribution in [0.15, 0.2) is 46.9 Å². The molecule has 0 fully saturated rings. The number of carbonyl (C=O) groups excluding carboxylic acids is 1. The van der Waals surface area contributed by atoms with Crippen molar-refractivity contribution in [3.63, 3.8) is 0 Å². The molecule has 1 aromatic carbocycles. The summed E-state index contributed by atoms with van der Waals surface area (Å²) in [5.41, 5.74) is 0.248. The Kier molecular flexibility index (Phi) is 5.28. The van der Waals surface area contributed by atoms with Gasteiger partial charge in [-0.3, -0.25) is 4.79 Å². The van der Waals surface area contributed by atoms with Gasteiger partial charge in [0.15, 0.2) is 11.5 Å². The molecule has 23 heavy (non-hydrogen) atoms. The van der Waals surface area contributed by atoms with Crippen LogP contribution in [0.5, 0.6) is 0 Å². The zero-order chi connectivity index (χ0) is 16.7. The van der Waals surface area contributed by atoms with Gasteiger partial charge in [-0.25, -0.2) is 0 Å². The molecule has 2 aromatic rings. The minimum absolute atomic E-state index is 0.212. The van der Waals surface area contributed by atoms with Crippen molar-refractivity contribution < 1.29 is 9.21 Å². The van der Waals surface area contributed by atoms with Gasteiger partial charge in [-0.1, -0.05) is 43.9 Å². The van der Waals surface area contributed by atoms with Crippen molar-refractivity contribution in [2.24, 2.45) is 0 Å². The van der Waals surface area contributed by atoms with Crippen LogP contribution in [0.2, 0.25) is 0 Å². The molecule has 0 bridgehead atoms. The Morgan fingerprint density at radius 1 is 1.13 bits per heavy atom. The van der Waals surface area contributed by atoms with Gasteiger partial charge < -0.3 is 9.73 Å². The molecule has 1 aromatic heterocycles. The number of hydrogen-bond donors (Lipinski definition) is 1. The zero-order valence-electron chi connectivity index (χ0n) is 13.3. The van der Waals surface area contributed by atoms with Crippen molar-refractivity contribution in [2.75, 3.05) is 0 Å². The van der Waals surface area contributed by atoms with E-state index in [1.54, 1.807) is 12.1 Å². The lowest BCUT2D eigenvalue weighted by Crippen LogP contribution is -2.46. The maximum atomic E-state index is 12.3. The van der Waals surface area contributed by atoms with Crippen LogP contribution >= 0.6 is 0 Å². The molecular formula is C20H19NO2. The summed E-state index contributed by atoms with van der Waals surface area (Å²) in [6.45, 7) is 3.89. The maximum absolute atomic E-state index is 12.3. The van der Waals surface area contributed by atoms with Gasteiger partial charge in [0, 0.05) is 5.56 Å². The van der Waals surface area contributed by atoms with E-state index >= 15 is 0 Å². The number of hydrogen-bond acceptors (Lipinski definition) is 2. The van der Waals surface area contributed by atoms with Gasteiger partial charge in [0.2, 0.25) is 0 Å². The van der Waals surface area contributed by atoms with Gasteiger partial charge in [0.25, 0.3) is 5.91 Å². The number of benzene rings is 1. The fraction of sp³-hybridized carbons (Fsp3) is 0.250. The molecule has 0 aliphatic carbocycles. The quantitative estimate of drug-likeness (QED) is 0.877. The predicted octanol–water partition coefficient (Wildman–Crippen LogP) is 3.60. The molecule has 3 nitrogen and oxygen atoms in total. The summed E-state index contributed by atoms with van der Waals surface area (Å²) >= 11 is 0. The maximum Gasteiger partial charge on any atom is 0.288 e. The fourth-order valence-electron chi connectivity index (χ4n) is 2.13. The first-order valence-electron chi connectivity index (χ1n) is 7.59. The number of carbonyl (C=O) groups is 1. The van der Waals surface area contributed by atoms with E-state index in [9.17, 15) is 4.79 Å². The van der Waals surface area contributed by atoms with Gasteiger partial charge in [0.05, 0.1) is 0 Å². The molecule has 2 rings (SSSR count). The molecule has 0 atom stereocenters. The Labute approximate surface area is 137 Å². The lowest BCUT2D eigenvalue weighted by atomic mass is 9.94. The summed E-state index contributed by atoms with van der Waals surface area (Å²) in [7, 11) is 0.